The molecule has 31 heavy (non-hydrogen) atoms. The van der Waals surface area contributed by atoms with Gasteiger partial charge in [-0.1, -0.05) is 32.1 Å². The van der Waals surface area contributed by atoms with Crippen LogP contribution in [-0.2, 0) is 22.6 Å². The second-order valence-corrected chi connectivity index (χ2v) is 9.45. The lowest BCUT2D eigenvalue weighted by Crippen LogP contribution is -2.40. The SMILES string of the molecule is O=C(Nc1ccc(-c2cc3c(o2)CCN(C(=O)C2CCCCC2)C3)cc1)C1CCCC1. The van der Waals surface area contributed by atoms with Gasteiger partial charge in [-0.05, 0) is 56.0 Å². The van der Waals surface area contributed by atoms with E-state index in [2.05, 4.69) is 11.4 Å². The second kappa shape index (κ2) is 8.89. The molecule has 5 rings (SSSR count). The van der Waals surface area contributed by atoms with Gasteiger partial charge in [0.15, 0.2) is 0 Å². The number of nitrogens with zero attached hydrogens (tertiary/aromatic N) is 1. The molecule has 1 aliphatic heterocycles. The number of carbonyl (C=O) groups excluding carboxylic acids is 2. The van der Waals surface area contributed by atoms with E-state index in [0.29, 0.717) is 12.5 Å². The lowest BCUT2D eigenvalue weighted by molar-refractivity contribution is -0.137. The van der Waals surface area contributed by atoms with E-state index in [4.69, 9.17) is 4.42 Å². The molecule has 2 saturated carbocycles. The zero-order chi connectivity index (χ0) is 21.2. The molecule has 1 aromatic carbocycles. The van der Waals surface area contributed by atoms with Crippen molar-refractivity contribution in [1.29, 1.82) is 0 Å². The molecule has 0 spiro atoms. The lowest BCUT2D eigenvalue weighted by Gasteiger charge is -2.31. The molecule has 5 heteroatoms. The minimum absolute atomic E-state index is 0.140. The first kappa shape index (κ1) is 20.3. The zero-order valence-electron chi connectivity index (χ0n) is 18.2. The summed E-state index contributed by atoms with van der Waals surface area (Å²) in [5, 5.41) is 3.05. The molecule has 2 amide bonds. The van der Waals surface area contributed by atoms with Crippen molar-refractivity contribution < 1.29 is 14.0 Å². The number of amides is 2. The molecule has 5 nitrogen and oxygen atoms in total. The van der Waals surface area contributed by atoms with E-state index in [1.807, 2.05) is 29.2 Å². The predicted octanol–water partition coefficient (Wildman–Crippen LogP) is 5.54. The van der Waals surface area contributed by atoms with Crippen molar-refractivity contribution in [2.75, 3.05) is 11.9 Å². The number of carbonyl (C=O) groups is 2. The van der Waals surface area contributed by atoms with Crippen LogP contribution in [0.2, 0.25) is 0 Å². The van der Waals surface area contributed by atoms with Crippen LogP contribution in [-0.4, -0.2) is 23.3 Å². The van der Waals surface area contributed by atoms with Crippen molar-refractivity contribution in [1.82, 2.24) is 4.90 Å². The topological polar surface area (TPSA) is 62.6 Å². The third kappa shape index (κ3) is 4.41. The molecule has 0 unspecified atom stereocenters. The van der Waals surface area contributed by atoms with E-state index >= 15 is 0 Å². The van der Waals surface area contributed by atoms with E-state index in [-0.39, 0.29) is 17.7 Å². The number of hydrogen-bond donors (Lipinski definition) is 1. The first-order chi connectivity index (χ1) is 15.2. The molecule has 0 atom stereocenters. The van der Waals surface area contributed by atoms with Crippen LogP contribution in [0.15, 0.2) is 34.7 Å². The Bertz CT molecular complexity index is 934. The fourth-order valence-electron chi connectivity index (χ4n) is 5.42. The summed E-state index contributed by atoms with van der Waals surface area (Å²) in [6.45, 7) is 1.41. The van der Waals surface area contributed by atoms with Crippen LogP contribution in [0.25, 0.3) is 11.3 Å². The van der Waals surface area contributed by atoms with Crippen LogP contribution in [0.3, 0.4) is 0 Å². The summed E-state index contributed by atoms with van der Waals surface area (Å²) >= 11 is 0. The van der Waals surface area contributed by atoms with Gasteiger partial charge in [0.2, 0.25) is 11.8 Å². The summed E-state index contributed by atoms with van der Waals surface area (Å²) in [5.74, 6) is 2.69. The Labute approximate surface area is 184 Å². The first-order valence-electron chi connectivity index (χ1n) is 12.0. The van der Waals surface area contributed by atoms with Crippen molar-refractivity contribution in [2.45, 2.75) is 70.8 Å². The molecule has 2 aromatic rings. The van der Waals surface area contributed by atoms with Crippen LogP contribution in [0.5, 0.6) is 0 Å². The Kier molecular flexibility index (Phi) is 5.84. The van der Waals surface area contributed by atoms with Crippen LogP contribution >= 0.6 is 0 Å². The third-order valence-corrected chi connectivity index (χ3v) is 7.30. The Morgan fingerprint density at radius 2 is 1.58 bits per heavy atom. The van der Waals surface area contributed by atoms with Crippen molar-refractivity contribution in [2.24, 2.45) is 11.8 Å². The first-order valence-corrected chi connectivity index (χ1v) is 12.0. The highest BCUT2D eigenvalue weighted by molar-refractivity contribution is 5.92. The molecule has 2 heterocycles. The molecule has 2 fully saturated rings. The molecule has 1 aromatic heterocycles. The van der Waals surface area contributed by atoms with Crippen LogP contribution in [0.1, 0.15) is 69.1 Å². The molecule has 1 N–H and O–H groups in total. The number of anilines is 1. The van der Waals surface area contributed by atoms with Crippen molar-refractivity contribution in [3.63, 3.8) is 0 Å². The van der Waals surface area contributed by atoms with E-state index < -0.39 is 0 Å². The third-order valence-electron chi connectivity index (χ3n) is 7.30. The quantitative estimate of drug-likeness (QED) is 0.706. The summed E-state index contributed by atoms with van der Waals surface area (Å²) < 4.78 is 6.14. The smallest absolute Gasteiger partial charge is 0.227 e. The van der Waals surface area contributed by atoms with Crippen LogP contribution in [0, 0.1) is 11.8 Å². The summed E-state index contributed by atoms with van der Waals surface area (Å²) in [6.07, 6.45) is 10.8. The van der Waals surface area contributed by atoms with E-state index in [1.54, 1.807) is 0 Å². The monoisotopic (exact) mass is 420 g/mol. The lowest BCUT2D eigenvalue weighted by atomic mass is 9.88. The molecular formula is C26H32N2O3. The fraction of sp³-hybridized carbons (Fsp3) is 0.538. The highest BCUT2D eigenvalue weighted by Crippen LogP contribution is 2.33. The Morgan fingerprint density at radius 1 is 0.903 bits per heavy atom. The summed E-state index contributed by atoms with van der Waals surface area (Å²) in [7, 11) is 0. The zero-order valence-corrected chi connectivity index (χ0v) is 18.2. The van der Waals surface area contributed by atoms with Gasteiger partial charge in [0, 0.05) is 48.2 Å². The second-order valence-electron chi connectivity index (χ2n) is 9.45. The van der Waals surface area contributed by atoms with E-state index in [1.165, 1.54) is 19.3 Å². The van der Waals surface area contributed by atoms with Gasteiger partial charge < -0.3 is 14.6 Å². The van der Waals surface area contributed by atoms with Gasteiger partial charge >= 0.3 is 0 Å². The maximum atomic E-state index is 12.9. The molecule has 3 aliphatic rings. The number of benzene rings is 1. The summed E-state index contributed by atoms with van der Waals surface area (Å²) in [5.41, 5.74) is 2.96. The van der Waals surface area contributed by atoms with E-state index in [9.17, 15) is 9.59 Å². The van der Waals surface area contributed by atoms with Crippen molar-refractivity contribution in [3.05, 3.63) is 41.7 Å². The normalized spacial score (nSPS) is 19.9. The van der Waals surface area contributed by atoms with Gasteiger partial charge in [0.05, 0.1) is 0 Å². The maximum absolute atomic E-state index is 12.9. The highest BCUT2D eigenvalue weighted by Gasteiger charge is 2.30. The Morgan fingerprint density at radius 3 is 2.32 bits per heavy atom. The number of furan rings is 1. The Balaban J connectivity index is 1.24. The van der Waals surface area contributed by atoms with E-state index in [0.717, 1.165) is 79.8 Å². The molecule has 2 aliphatic carbocycles. The minimum atomic E-state index is 0.140. The van der Waals surface area contributed by atoms with Crippen molar-refractivity contribution >= 4 is 17.5 Å². The van der Waals surface area contributed by atoms with Crippen LogP contribution in [0.4, 0.5) is 5.69 Å². The predicted molar refractivity (Wildman–Crippen MR) is 120 cm³/mol. The van der Waals surface area contributed by atoms with Gasteiger partial charge in [-0.25, -0.2) is 0 Å². The summed E-state index contributed by atoms with van der Waals surface area (Å²) in [4.78, 5) is 27.3. The largest absolute Gasteiger partial charge is 0.461 e. The number of hydrogen-bond acceptors (Lipinski definition) is 3. The molecule has 0 saturated heterocycles. The maximum Gasteiger partial charge on any atom is 0.227 e. The minimum Gasteiger partial charge on any atom is -0.461 e. The average molecular weight is 421 g/mol. The fourth-order valence-corrected chi connectivity index (χ4v) is 5.42. The van der Waals surface area contributed by atoms with Gasteiger partial charge in [-0.3, -0.25) is 9.59 Å². The molecule has 0 radical (unpaired) electrons. The molecule has 164 valence electrons. The standard InChI is InChI=1S/C26H32N2O3/c29-25(19-6-4-5-7-19)27-22-12-10-18(11-13-22)24-16-21-17-28(15-14-23(21)31-24)26(30)20-8-2-1-3-9-20/h10-13,16,19-20H,1-9,14-15,17H2,(H,27,29). The molecule has 0 bridgehead atoms. The number of fused-ring (bicyclic) bond motifs is 1. The van der Waals surface area contributed by atoms with Gasteiger partial charge in [-0.15, -0.1) is 0 Å². The van der Waals surface area contributed by atoms with Gasteiger partial charge in [0.25, 0.3) is 0 Å². The van der Waals surface area contributed by atoms with Crippen molar-refractivity contribution in [3.8, 4) is 11.3 Å². The number of nitrogens with one attached hydrogen (secondary N) is 1. The number of rotatable bonds is 4. The van der Waals surface area contributed by atoms with Gasteiger partial charge in [0.1, 0.15) is 11.5 Å². The average Bonchev–Trinajstić information content (AvgIpc) is 3.49. The van der Waals surface area contributed by atoms with Crippen LogP contribution < -0.4 is 5.32 Å². The Hall–Kier alpha value is -2.56. The summed E-state index contributed by atoms with van der Waals surface area (Å²) in [6, 6.07) is 9.98. The molecular weight excluding hydrogens is 388 g/mol. The highest BCUT2D eigenvalue weighted by atomic mass is 16.3. The van der Waals surface area contributed by atoms with Gasteiger partial charge in [-0.2, -0.15) is 0 Å².